The third-order valence-corrected chi connectivity index (χ3v) is 3.14. The van der Waals surface area contributed by atoms with Crippen LogP contribution in [-0.4, -0.2) is 32.2 Å². The number of anilines is 1. The van der Waals surface area contributed by atoms with E-state index in [0.717, 1.165) is 18.5 Å². The molecule has 1 aliphatic rings. The second-order valence-corrected chi connectivity index (χ2v) is 4.43. The number of benzene rings is 1. The van der Waals surface area contributed by atoms with Gasteiger partial charge in [0, 0.05) is 25.2 Å². The highest BCUT2D eigenvalue weighted by molar-refractivity contribution is 5.94. The second-order valence-electron chi connectivity index (χ2n) is 4.43. The number of carbonyl (C=O) groups excluding carboxylic acids is 1. The first-order valence-corrected chi connectivity index (χ1v) is 6.49. The number of para-hydroxylation sites is 1. The molecule has 0 unspecified atom stereocenters. The van der Waals surface area contributed by atoms with Gasteiger partial charge < -0.3 is 15.4 Å². The zero-order valence-electron chi connectivity index (χ0n) is 10.6. The van der Waals surface area contributed by atoms with E-state index in [2.05, 4.69) is 6.07 Å². The minimum absolute atomic E-state index is 0.191. The predicted octanol–water partition coefficient (Wildman–Crippen LogP) is 1.33. The van der Waals surface area contributed by atoms with Crippen LogP contribution in [0.25, 0.3) is 0 Å². The summed E-state index contributed by atoms with van der Waals surface area (Å²) in [6.07, 6.45) is 2.52. The highest BCUT2D eigenvalue weighted by atomic mass is 16.5. The lowest BCUT2D eigenvalue weighted by atomic mass is 10.1. The molecule has 0 saturated carbocycles. The molecule has 98 valence electrons. The summed E-state index contributed by atoms with van der Waals surface area (Å²) >= 11 is 0. The Morgan fingerprint density at radius 1 is 1.22 bits per heavy atom. The van der Waals surface area contributed by atoms with Gasteiger partial charge >= 0.3 is 0 Å². The van der Waals surface area contributed by atoms with Crippen LogP contribution >= 0.6 is 0 Å². The summed E-state index contributed by atoms with van der Waals surface area (Å²) < 4.78 is 5.37. The van der Waals surface area contributed by atoms with E-state index in [0.29, 0.717) is 32.7 Å². The van der Waals surface area contributed by atoms with Crippen LogP contribution in [0.2, 0.25) is 0 Å². The fourth-order valence-electron chi connectivity index (χ4n) is 2.27. The molecule has 1 aliphatic heterocycles. The van der Waals surface area contributed by atoms with Gasteiger partial charge in [0.15, 0.2) is 0 Å². The summed E-state index contributed by atoms with van der Waals surface area (Å²) in [5.41, 5.74) is 7.66. The van der Waals surface area contributed by atoms with Crippen molar-refractivity contribution in [3.63, 3.8) is 0 Å². The first kappa shape index (κ1) is 13.1. The van der Waals surface area contributed by atoms with Crippen LogP contribution in [0, 0.1) is 0 Å². The van der Waals surface area contributed by atoms with Crippen molar-refractivity contribution in [2.24, 2.45) is 5.73 Å². The molecule has 18 heavy (non-hydrogen) atoms. The summed E-state index contributed by atoms with van der Waals surface area (Å²) in [5, 5.41) is 0. The van der Waals surface area contributed by atoms with Gasteiger partial charge in [-0.2, -0.15) is 0 Å². The largest absolute Gasteiger partial charge is 0.378 e. The Morgan fingerprint density at radius 2 is 2.06 bits per heavy atom. The Labute approximate surface area is 108 Å². The maximum atomic E-state index is 12.1. The fraction of sp³-hybridized carbons (Fsp3) is 0.500. The molecule has 0 aliphatic carbocycles. The van der Waals surface area contributed by atoms with Crippen LogP contribution in [0.15, 0.2) is 24.3 Å². The molecule has 0 atom stereocenters. The average molecular weight is 248 g/mol. The molecule has 1 aromatic rings. The number of fused-ring (bicyclic) bond motifs is 1. The molecular weight excluding hydrogens is 228 g/mol. The van der Waals surface area contributed by atoms with E-state index in [1.165, 1.54) is 5.56 Å². The zero-order valence-corrected chi connectivity index (χ0v) is 10.6. The average Bonchev–Trinajstić information content (AvgIpc) is 2.54. The predicted molar refractivity (Wildman–Crippen MR) is 71.6 cm³/mol. The molecule has 2 N–H and O–H groups in total. The molecule has 0 fully saturated rings. The van der Waals surface area contributed by atoms with Crippen LogP contribution in [0.1, 0.15) is 18.4 Å². The lowest BCUT2D eigenvalue weighted by molar-refractivity contribution is -0.118. The summed E-state index contributed by atoms with van der Waals surface area (Å²) in [4.78, 5) is 13.9. The van der Waals surface area contributed by atoms with Gasteiger partial charge in [0.2, 0.25) is 5.91 Å². The van der Waals surface area contributed by atoms with Crippen LogP contribution in [-0.2, 0) is 16.0 Å². The SMILES string of the molecule is NCCOCCN1C(=O)CCCc2ccccc21. The summed E-state index contributed by atoms with van der Waals surface area (Å²) in [5.74, 6) is 0.191. The molecule has 1 heterocycles. The minimum atomic E-state index is 0.191. The number of nitrogens with two attached hydrogens (primary N) is 1. The Kier molecular flexibility index (Phi) is 4.73. The van der Waals surface area contributed by atoms with Crippen LogP contribution < -0.4 is 10.6 Å². The van der Waals surface area contributed by atoms with Gasteiger partial charge in [0.05, 0.1) is 13.2 Å². The van der Waals surface area contributed by atoms with Crippen molar-refractivity contribution in [1.82, 2.24) is 0 Å². The van der Waals surface area contributed by atoms with Crippen molar-refractivity contribution < 1.29 is 9.53 Å². The smallest absolute Gasteiger partial charge is 0.227 e. The van der Waals surface area contributed by atoms with Crippen molar-refractivity contribution in [2.45, 2.75) is 19.3 Å². The summed E-state index contributed by atoms with van der Waals surface area (Å²) in [6.45, 7) is 2.21. The van der Waals surface area contributed by atoms with Gasteiger partial charge in [-0.3, -0.25) is 4.79 Å². The lowest BCUT2D eigenvalue weighted by Gasteiger charge is -2.22. The number of aryl methyl sites for hydroxylation is 1. The summed E-state index contributed by atoms with van der Waals surface area (Å²) in [7, 11) is 0. The van der Waals surface area contributed by atoms with Crippen molar-refractivity contribution in [3.8, 4) is 0 Å². The monoisotopic (exact) mass is 248 g/mol. The minimum Gasteiger partial charge on any atom is -0.378 e. The molecule has 0 aromatic heterocycles. The molecule has 1 amide bonds. The van der Waals surface area contributed by atoms with Crippen LogP contribution in [0.4, 0.5) is 5.69 Å². The third kappa shape index (κ3) is 3.09. The van der Waals surface area contributed by atoms with Crippen molar-refractivity contribution >= 4 is 11.6 Å². The van der Waals surface area contributed by atoms with Crippen molar-refractivity contribution in [1.29, 1.82) is 0 Å². The number of amides is 1. The molecule has 2 rings (SSSR count). The van der Waals surface area contributed by atoms with Gasteiger partial charge in [0.1, 0.15) is 0 Å². The van der Waals surface area contributed by atoms with E-state index < -0.39 is 0 Å². The zero-order chi connectivity index (χ0) is 12.8. The van der Waals surface area contributed by atoms with E-state index in [1.807, 2.05) is 23.1 Å². The van der Waals surface area contributed by atoms with Crippen LogP contribution in [0.5, 0.6) is 0 Å². The van der Waals surface area contributed by atoms with Crippen molar-refractivity contribution in [3.05, 3.63) is 29.8 Å². The molecule has 0 spiro atoms. The summed E-state index contributed by atoms with van der Waals surface area (Å²) in [6, 6.07) is 8.12. The number of ether oxygens (including phenoxy) is 1. The van der Waals surface area contributed by atoms with E-state index in [1.54, 1.807) is 0 Å². The Morgan fingerprint density at radius 3 is 2.89 bits per heavy atom. The van der Waals surface area contributed by atoms with Gasteiger partial charge in [-0.1, -0.05) is 18.2 Å². The van der Waals surface area contributed by atoms with Gasteiger partial charge in [0.25, 0.3) is 0 Å². The maximum Gasteiger partial charge on any atom is 0.227 e. The van der Waals surface area contributed by atoms with Gasteiger partial charge in [-0.05, 0) is 24.5 Å². The third-order valence-electron chi connectivity index (χ3n) is 3.14. The first-order chi connectivity index (χ1) is 8.83. The van der Waals surface area contributed by atoms with E-state index in [4.69, 9.17) is 10.5 Å². The number of rotatable bonds is 5. The van der Waals surface area contributed by atoms with Gasteiger partial charge in [-0.15, -0.1) is 0 Å². The quantitative estimate of drug-likeness (QED) is 0.800. The van der Waals surface area contributed by atoms with Crippen LogP contribution in [0.3, 0.4) is 0 Å². The molecule has 4 heteroatoms. The normalized spacial score (nSPS) is 15.4. The highest BCUT2D eigenvalue weighted by Gasteiger charge is 2.21. The Hall–Kier alpha value is -1.39. The first-order valence-electron chi connectivity index (χ1n) is 6.49. The fourth-order valence-corrected chi connectivity index (χ4v) is 2.27. The molecule has 0 bridgehead atoms. The Bertz CT molecular complexity index is 407. The highest BCUT2D eigenvalue weighted by Crippen LogP contribution is 2.26. The number of hydrogen-bond donors (Lipinski definition) is 1. The van der Waals surface area contributed by atoms with E-state index in [9.17, 15) is 4.79 Å². The molecule has 0 saturated heterocycles. The second kappa shape index (κ2) is 6.52. The topological polar surface area (TPSA) is 55.6 Å². The number of carbonyl (C=O) groups is 1. The molecule has 4 nitrogen and oxygen atoms in total. The standard InChI is InChI=1S/C14H20N2O2/c15-8-10-18-11-9-16-13-6-2-1-4-12(13)5-3-7-14(16)17/h1-2,4,6H,3,5,7-11,15H2. The number of hydrogen-bond acceptors (Lipinski definition) is 3. The molecule has 1 aromatic carbocycles. The Balaban J connectivity index is 2.08. The van der Waals surface area contributed by atoms with E-state index >= 15 is 0 Å². The van der Waals surface area contributed by atoms with Gasteiger partial charge in [-0.25, -0.2) is 0 Å². The maximum absolute atomic E-state index is 12.1. The molecular formula is C14H20N2O2. The lowest BCUT2D eigenvalue weighted by Crippen LogP contribution is -2.33. The van der Waals surface area contributed by atoms with Crippen molar-refractivity contribution in [2.75, 3.05) is 31.2 Å². The number of nitrogens with zero attached hydrogens (tertiary/aromatic N) is 1. The molecule has 0 radical (unpaired) electrons. The van der Waals surface area contributed by atoms with E-state index in [-0.39, 0.29) is 5.91 Å².